The predicted molar refractivity (Wildman–Crippen MR) is 91.5 cm³/mol. The van der Waals surface area contributed by atoms with Crippen LogP contribution in [0.5, 0.6) is 0 Å². The number of carbonyl (C=O) groups excluding carboxylic acids is 1. The Morgan fingerprint density at radius 1 is 1.48 bits per heavy atom. The molecule has 6 heteroatoms. The molecule has 0 spiro atoms. The van der Waals surface area contributed by atoms with Gasteiger partial charge in [0.1, 0.15) is 17.8 Å². The minimum atomic E-state index is 0.237. The molecule has 0 aromatic carbocycles. The Balaban J connectivity index is 1.92. The van der Waals surface area contributed by atoms with Crippen molar-refractivity contribution in [2.75, 3.05) is 25.0 Å². The molecule has 1 fully saturated rings. The number of H-pyrrole nitrogens is 1. The van der Waals surface area contributed by atoms with Crippen LogP contribution in [0.3, 0.4) is 0 Å². The zero-order valence-corrected chi connectivity index (χ0v) is 14.3. The van der Waals surface area contributed by atoms with E-state index >= 15 is 0 Å². The van der Waals surface area contributed by atoms with Crippen molar-refractivity contribution in [3.05, 3.63) is 18.1 Å². The van der Waals surface area contributed by atoms with Gasteiger partial charge in [0, 0.05) is 32.8 Å². The maximum atomic E-state index is 12.1. The quantitative estimate of drug-likeness (QED) is 0.944. The summed E-state index contributed by atoms with van der Waals surface area (Å²) in [6.07, 6.45) is 5.17. The first-order chi connectivity index (χ1) is 11.0. The molecule has 1 amide bonds. The number of carbonyl (C=O) groups is 1. The standard InChI is InChI=1S/C17H25N5O/c1-5-14(23)22-7-6-11(2)13(9-22)21(4)17-15-12(3)8-18-16(15)19-10-20-17/h8,10-11,13H,5-7,9H2,1-4H3,(H,18,19,20)/t11-,13+/m1/s1. The first kappa shape index (κ1) is 15.8. The van der Waals surface area contributed by atoms with Crippen LogP contribution in [-0.4, -0.2) is 51.9 Å². The third kappa shape index (κ3) is 2.78. The third-order valence-corrected chi connectivity index (χ3v) is 5.05. The number of nitrogens with zero attached hydrogens (tertiary/aromatic N) is 4. The zero-order valence-electron chi connectivity index (χ0n) is 14.3. The summed E-state index contributed by atoms with van der Waals surface area (Å²) in [5.74, 6) is 1.70. The summed E-state index contributed by atoms with van der Waals surface area (Å²) >= 11 is 0. The number of amides is 1. The molecule has 1 saturated heterocycles. The van der Waals surface area contributed by atoms with Gasteiger partial charge in [-0.15, -0.1) is 0 Å². The minimum absolute atomic E-state index is 0.237. The molecule has 1 N–H and O–H groups in total. The fourth-order valence-electron chi connectivity index (χ4n) is 3.53. The summed E-state index contributed by atoms with van der Waals surface area (Å²) in [6.45, 7) is 7.88. The summed E-state index contributed by atoms with van der Waals surface area (Å²) in [6, 6.07) is 0.270. The Bertz CT molecular complexity index is 710. The van der Waals surface area contributed by atoms with Crippen LogP contribution >= 0.6 is 0 Å². The number of fused-ring (bicyclic) bond motifs is 1. The molecule has 124 valence electrons. The van der Waals surface area contributed by atoms with E-state index in [1.54, 1.807) is 6.33 Å². The van der Waals surface area contributed by atoms with Gasteiger partial charge in [-0.05, 0) is 24.8 Å². The van der Waals surface area contributed by atoms with Gasteiger partial charge < -0.3 is 14.8 Å². The van der Waals surface area contributed by atoms with Gasteiger partial charge in [0.25, 0.3) is 0 Å². The molecule has 0 bridgehead atoms. The molecule has 1 aliphatic rings. The SMILES string of the molecule is CCC(=O)N1CC[C@@H](C)[C@@H](N(C)c2ncnc3[nH]cc(C)c23)C1. The van der Waals surface area contributed by atoms with Crippen molar-refractivity contribution in [3.8, 4) is 0 Å². The van der Waals surface area contributed by atoms with Crippen molar-refractivity contribution in [1.29, 1.82) is 0 Å². The lowest BCUT2D eigenvalue weighted by molar-refractivity contribution is -0.132. The second kappa shape index (κ2) is 6.18. The maximum absolute atomic E-state index is 12.1. The molecule has 3 heterocycles. The highest BCUT2D eigenvalue weighted by molar-refractivity contribution is 5.90. The molecule has 0 saturated carbocycles. The Morgan fingerprint density at radius 2 is 2.26 bits per heavy atom. The van der Waals surface area contributed by atoms with Crippen LogP contribution in [0, 0.1) is 12.8 Å². The Hall–Kier alpha value is -2.11. The molecule has 2 aromatic heterocycles. The molecule has 2 atom stereocenters. The van der Waals surface area contributed by atoms with Gasteiger partial charge in [0.2, 0.25) is 5.91 Å². The fourth-order valence-corrected chi connectivity index (χ4v) is 3.53. The number of hydrogen-bond acceptors (Lipinski definition) is 4. The number of aromatic nitrogens is 3. The molecule has 3 rings (SSSR count). The monoisotopic (exact) mass is 315 g/mol. The first-order valence-electron chi connectivity index (χ1n) is 8.32. The fraction of sp³-hybridized carbons (Fsp3) is 0.588. The second-order valence-electron chi connectivity index (χ2n) is 6.53. The highest BCUT2D eigenvalue weighted by atomic mass is 16.2. The second-order valence-corrected chi connectivity index (χ2v) is 6.53. The van der Waals surface area contributed by atoms with Gasteiger partial charge in [-0.3, -0.25) is 4.79 Å². The third-order valence-electron chi connectivity index (χ3n) is 5.05. The van der Waals surface area contributed by atoms with Crippen molar-refractivity contribution in [2.24, 2.45) is 5.92 Å². The Morgan fingerprint density at radius 3 is 3.00 bits per heavy atom. The number of anilines is 1. The predicted octanol–water partition coefficient (Wildman–Crippen LogP) is 2.35. The number of rotatable bonds is 3. The van der Waals surface area contributed by atoms with E-state index in [-0.39, 0.29) is 11.9 Å². The lowest BCUT2D eigenvalue weighted by Crippen LogP contribution is -2.52. The zero-order chi connectivity index (χ0) is 16.6. The molecule has 0 radical (unpaired) electrons. The topological polar surface area (TPSA) is 65.1 Å². The van der Waals surface area contributed by atoms with Gasteiger partial charge in [0.15, 0.2) is 0 Å². The van der Waals surface area contributed by atoms with Crippen molar-refractivity contribution in [1.82, 2.24) is 19.9 Å². The molecular formula is C17H25N5O. The maximum Gasteiger partial charge on any atom is 0.222 e. The highest BCUT2D eigenvalue weighted by Crippen LogP contribution is 2.30. The molecule has 23 heavy (non-hydrogen) atoms. The van der Waals surface area contributed by atoms with E-state index in [2.05, 4.69) is 40.7 Å². The Labute approximate surface area is 136 Å². The Kier molecular flexibility index (Phi) is 4.24. The molecular weight excluding hydrogens is 290 g/mol. The van der Waals surface area contributed by atoms with Gasteiger partial charge >= 0.3 is 0 Å². The van der Waals surface area contributed by atoms with E-state index in [9.17, 15) is 4.79 Å². The number of likely N-dealkylation sites (N-methyl/N-ethyl adjacent to an activating group) is 1. The average molecular weight is 315 g/mol. The van der Waals surface area contributed by atoms with Crippen LogP contribution in [0.2, 0.25) is 0 Å². The van der Waals surface area contributed by atoms with Crippen LogP contribution in [0.25, 0.3) is 11.0 Å². The number of likely N-dealkylation sites (tertiary alicyclic amines) is 1. The van der Waals surface area contributed by atoms with E-state index in [1.165, 1.54) is 0 Å². The largest absolute Gasteiger partial charge is 0.354 e. The lowest BCUT2D eigenvalue weighted by Gasteiger charge is -2.42. The molecule has 6 nitrogen and oxygen atoms in total. The van der Waals surface area contributed by atoms with Gasteiger partial charge in [-0.25, -0.2) is 9.97 Å². The van der Waals surface area contributed by atoms with Crippen LogP contribution in [0.15, 0.2) is 12.5 Å². The van der Waals surface area contributed by atoms with Gasteiger partial charge in [0.05, 0.1) is 11.4 Å². The van der Waals surface area contributed by atoms with Crippen molar-refractivity contribution < 1.29 is 4.79 Å². The smallest absolute Gasteiger partial charge is 0.222 e. The summed E-state index contributed by atoms with van der Waals surface area (Å²) in [7, 11) is 2.08. The van der Waals surface area contributed by atoms with E-state index in [0.717, 1.165) is 41.9 Å². The van der Waals surface area contributed by atoms with Crippen LogP contribution in [0.1, 0.15) is 32.3 Å². The molecule has 1 aliphatic heterocycles. The van der Waals surface area contributed by atoms with Crippen LogP contribution < -0.4 is 4.90 Å². The molecule has 0 unspecified atom stereocenters. The van der Waals surface area contributed by atoms with Crippen molar-refractivity contribution in [2.45, 2.75) is 39.7 Å². The van der Waals surface area contributed by atoms with Gasteiger partial charge in [-0.1, -0.05) is 13.8 Å². The first-order valence-corrected chi connectivity index (χ1v) is 8.32. The van der Waals surface area contributed by atoms with Crippen LogP contribution in [0.4, 0.5) is 5.82 Å². The van der Waals surface area contributed by atoms with Crippen molar-refractivity contribution >= 4 is 22.8 Å². The normalized spacial score (nSPS) is 21.7. The number of piperidine rings is 1. The molecule has 2 aromatic rings. The number of aromatic amines is 1. The van der Waals surface area contributed by atoms with E-state index < -0.39 is 0 Å². The minimum Gasteiger partial charge on any atom is -0.354 e. The van der Waals surface area contributed by atoms with Crippen LogP contribution in [-0.2, 0) is 4.79 Å². The van der Waals surface area contributed by atoms with E-state index in [0.29, 0.717) is 12.3 Å². The lowest BCUT2D eigenvalue weighted by atomic mass is 9.92. The van der Waals surface area contributed by atoms with E-state index in [4.69, 9.17) is 0 Å². The summed E-state index contributed by atoms with van der Waals surface area (Å²) < 4.78 is 0. The summed E-state index contributed by atoms with van der Waals surface area (Å²) in [5, 5.41) is 1.07. The van der Waals surface area contributed by atoms with Crippen molar-refractivity contribution in [3.63, 3.8) is 0 Å². The molecule has 0 aliphatic carbocycles. The number of hydrogen-bond donors (Lipinski definition) is 1. The number of aryl methyl sites for hydroxylation is 1. The summed E-state index contributed by atoms with van der Waals surface area (Å²) in [4.78, 5) is 28.3. The number of nitrogens with one attached hydrogen (secondary N) is 1. The average Bonchev–Trinajstić information content (AvgIpc) is 2.95. The summed E-state index contributed by atoms with van der Waals surface area (Å²) in [5.41, 5.74) is 2.01. The highest BCUT2D eigenvalue weighted by Gasteiger charge is 2.32. The van der Waals surface area contributed by atoms with E-state index in [1.807, 2.05) is 18.0 Å². The van der Waals surface area contributed by atoms with Gasteiger partial charge in [-0.2, -0.15) is 0 Å².